The number of nitrogens with two attached hydrogens (primary N) is 1. The maximum absolute atomic E-state index is 5.95. The molecule has 4 heteroatoms. The standard InChI is InChI=1S/C13H22N4/c1-9(2)10-11(14)15-8-16-12(10)17-13(3)6-4-5-7-13/h8-9H,4-7H2,1-3H3,(H3,14,15,16,17). The Hall–Kier alpha value is -1.32. The van der Waals surface area contributed by atoms with Gasteiger partial charge < -0.3 is 11.1 Å². The van der Waals surface area contributed by atoms with Crippen molar-refractivity contribution in [1.29, 1.82) is 0 Å². The molecule has 0 aromatic carbocycles. The lowest BCUT2D eigenvalue weighted by atomic mass is 9.98. The second-order valence-electron chi connectivity index (χ2n) is 5.57. The Labute approximate surface area is 103 Å². The van der Waals surface area contributed by atoms with Gasteiger partial charge in [-0.15, -0.1) is 0 Å². The van der Waals surface area contributed by atoms with Crippen LogP contribution in [0.3, 0.4) is 0 Å². The molecule has 1 heterocycles. The van der Waals surface area contributed by atoms with Crippen LogP contribution in [0.1, 0.15) is 57.9 Å². The van der Waals surface area contributed by atoms with E-state index in [4.69, 9.17) is 5.73 Å². The zero-order chi connectivity index (χ0) is 12.5. The SMILES string of the molecule is CC(C)c1c(N)ncnc1NC1(C)CCCC1. The Balaban J connectivity index is 2.29. The quantitative estimate of drug-likeness (QED) is 0.844. The van der Waals surface area contributed by atoms with Crippen LogP contribution < -0.4 is 11.1 Å². The molecule has 1 aromatic rings. The maximum atomic E-state index is 5.95. The monoisotopic (exact) mass is 234 g/mol. The normalized spacial score (nSPS) is 18.6. The lowest BCUT2D eigenvalue weighted by molar-refractivity contribution is 0.529. The Bertz CT molecular complexity index is 394. The fourth-order valence-electron chi connectivity index (χ4n) is 2.64. The van der Waals surface area contributed by atoms with Gasteiger partial charge in [0, 0.05) is 11.1 Å². The number of rotatable bonds is 3. The number of nitrogens with zero attached hydrogens (tertiary/aromatic N) is 2. The summed E-state index contributed by atoms with van der Waals surface area (Å²) in [4.78, 5) is 8.45. The summed E-state index contributed by atoms with van der Waals surface area (Å²) in [6, 6.07) is 0. The minimum atomic E-state index is 0.171. The molecule has 0 spiro atoms. The molecule has 1 aliphatic rings. The second-order valence-corrected chi connectivity index (χ2v) is 5.57. The number of hydrogen-bond acceptors (Lipinski definition) is 4. The van der Waals surface area contributed by atoms with Gasteiger partial charge in [-0.05, 0) is 25.7 Å². The lowest BCUT2D eigenvalue weighted by Crippen LogP contribution is -2.32. The van der Waals surface area contributed by atoms with Gasteiger partial charge in [-0.25, -0.2) is 9.97 Å². The molecule has 0 unspecified atom stereocenters. The number of aromatic nitrogens is 2. The number of nitrogen functional groups attached to an aromatic ring is 1. The maximum Gasteiger partial charge on any atom is 0.135 e. The Morgan fingerprint density at radius 2 is 1.94 bits per heavy atom. The van der Waals surface area contributed by atoms with Crippen LogP contribution in [0, 0.1) is 0 Å². The molecule has 0 atom stereocenters. The molecular weight excluding hydrogens is 212 g/mol. The highest BCUT2D eigenvalue weighted by molar-refractivity contribution is 5.57. The first-order valence-corrected chi connectivity index (χ1v) is 6.40. The topological polar surface area (TPSA) is 63.8 Å². The van der Waals surface area contributed by atoms with E-state index >= 15 is 0 Å². The molecule has 1 fully saturated rings. The zero-order valence-corrected chi connectivity index (χ0v) is 11.0. The lowest BCUT2D eigenvalue weighted by Gasteiger charge is -2.28. The smallest absolute Gasteiger partial charge is 0.135 e. The number of hydrogen-bond donors (Lipinski definition) is 2. The van der Waals surface area contributed by atoms with E-state index in [-0.39, 0.29) is 5.54 Å². The van der Waals surface area contributed by atoms with Gasteiger partial charge in [0.25, 0.3) is 0 Å². The van der Waals surface area contributed by atoms with Gasteiger partial charge in [-0.3, -0.25) is 0 Å². The number of anilines is 2. The highest BCUT2D eigenvalue weighted by atomic mass is 15.1. The first-order chi connectivity index (χ1) is 8.02. The Morgan fingerprint density at radius 3 is 2.53 bits per heavy atom. The van der Waals surface area contributed by atoms with E-state index in [2.05, 4.69) is 36.1 Å². The Morgan fingerprint density at radius 1 is 1.29 bits per heavy atom. The van der Waals surface area contributed by atoms with Crippen LogP contribution in [0.25, 0.3) is 0 Å². The third kappa shape index (κ3) is 2.51. The van der Waals surface area contributed by atoms with Crippen LogP contribution in [0.15, 0.2) is 6.33 Å². The Kier molecular flexibility index (Phi) is 3.22. The summed E-state index contributed by atoms with van der Waals surface area (Å²) < 4.78 is 0. The van der Waals surface area contributed by atoms with E-state index in [0.29, 0.717) is 11.7 Å². The van der Waals surface area contributed by atoms with Gasteiger partial charge in [-0.1, -0.05) is 26.7 Å². The minimum Gasteiger partial charge on any atom is -0.383 e. The third-order valence-corrected chi connectivity index (χ3v) is 3.62. The van der Waals surface area contributed by atoms with Gasteiger partial charge in [-0.2, -0.15) is 0 Å². The van der Waals surface area contributed by atoms with Crippen LogP contribution >= 0.6 is 0 Å². The van der Waals surface area contributed by atoms with Gasteiger partial charge in [0.2, 0.25) is 0 Å². The molecule has 0 bridgehead atoms. The summed E-state index contributed by atoms with van der Waals surface area (Å²) in [5.41, 5.74) is 7.16. The summed E-state index contributed by atoms with van der Waals surface area (Å²) in [6.07, 6.45) is 6.53. The van der Waals surface area contributed by atoms with Crippen LogP contribution in [0.5, 0.6) is 0 Å². The summed E-state index contributed by atoms with van der Waals surface area (Å²) in [5, 5.41) is 3.58. The van der Waals surface area contributed by atoms with E-state index in [0.717, 1.165) is 11.4 Å². The largest absolute Gasteiger partial charge is 0.383 e. The zero-order valence-electron chi connectivity index (χ0n) is 11.0. The summed E-state index contributed by atoms with van der Waals surface area (Å²) >= 11 is 0. The predicted octanol–water partition coefficient (Wildman–Crippen LogP) is 2.93. The van der Waals surface area contributed by atoms with E-state index in [1.807, 2.05) is 0 Å². The molecule has 17 heavy (non-hydrogen) atoms. The van der Waals surface area contributed by atoms with Crippen molar-refractivity contribution in [2.75, 3.05) is 11.1 Å². The van der Waals surface area contributed by atoms with Crippen LogP contribution in [-0.4, -0.2) is 15.5 Å². The molecule has 0 aliphatic heterocycles. The van der Waals surface area contributed by atoms with Crippen LogP contribution in [0.4, 0.5) is 11.6 Å². The van der Waals surface area contributed by atoms with Gasteiger partial charge in [0.15, 0.2) is 0 Å². The average Bonchev–Trinajstić information content (AvgIpc) is 2.64. The highest BCUT2D eigenvalue weighted by Gasteiger charge is 2.30. The highest BCUT2D eigenvalue weighted by Crippen LogP contribution is 2.35. The molecule has 1 aromatic heterocycles. The van der Waals surface area contributed by atoms with Crippen molar-refractivity contribution in [1.82, 2.24) is 9.97 Å². The van der Waals surface area contributed by atoms with Crippen molar-refractivity contribution in [3.05, 3.63) is 11.9 Å². The molecule has 0 radical (unpaired) electrons. The van der Waals surface area contributed by atoms with E-state index in [1.54, 1.807) is 6.33 Å². The first kappa shape index (κ1) is 12.1. The van der Waals surface area contributed by atoms with Gasteiger partial charge in [0.1, 0.15) is 18.0 Å². The molecule has 4 nitrogen and oxygen atoms in total. The summed E-state index contributed by atoms with van der Waals surface area (Å²) in [5.74, 6) is 1.85. The first-order valence-electron chi connectivity index (χ1n) is 6.40. The minimum absolute atomic E-state index is 0.171. The van der Waals surface area contributed by atoms with Crippen molar-refractivity contribution >= 4 is 11.6 Å². The molecule has 0 saturated heterocycles. The molecule has 1 saturated carbocycles. The third-order valence-electron chi connectivity index (χ3n) is 3.62. The summed E-state index contributed by atoms with van der Waals surface area (Å²) in [6.45, 7) is 6.51. The van der Waals surface area contributed by atoms with E-state index < -0.39 is 0 Å². The summed E-state index contributed by atoms with van der Waals surface area (Å²) in [7, 11) is 0. The molecule has 2 rings (SSSR count). The van der Waals surface area contributed by atoms with Crippen molar-refractivity contribution in [2.24, 2.45) is 0 Å². The van der Waals surface area contributed by atoms with Crippen molar-refractivity contribution in [2.45, 2.75) is 57.9 Å². The van der Waals surface area contributed by atoms with Gasteiger partial charge in [0.05, 0.1) is 0 Å². The van der Waals surface area contributed by atoms with E-state index in [1.165, 1.54) is 25.7 Å². The van der Waals surface area contributed by atoms with Crippen molar-refractivity contribution < 1.29 is 0 Å². The molecule has 94 valence electrons. The molecule has 3 N–H and O–H groups in total. The van der Waals surface area contributed by atoms with Crippen LogP contribution in [0.2, 0.25) is 0 Å². The average molecular weight is 234 g/mol. The fraction of sp³-hybridized carbons (Fsp3) is 0.692. The molecule has 0 amide bonds. The molecule has 1 aliphatic carbocycles. The fourth-order valence-corrected chi connectivity index (χ4v) is 2.64. The second kappa shape index (κ2) is 4.51. The number of nitrogens with one attached hydrogen (secondary N) is 1. The molecular formula is C13H22N4. The van der Waals surface area contributed by atoms with Crippen molar-refractivity contribution in [3.8, 4) is 0 Å². The van der Waals surface area contributed by atoms with Gasteiger partial charge >= 0.3 is 0 Å². The van der Waals surface area contributed by atoms with Crippen LogP contribution in [-0.2, 0) is 0 Å². The predicted molar refractivity (Wildman–Crippen MR) is 71.0 cm³/mol. The van der Waals surface area contributed by atoms with E-state index in [9.17, 15) is 0 Å². The van der Waals surface area contributed by atoms with Crippen molar-refractivity contribution in [3.63, 3.8) is 0 Å².